The number of H-pyrrole nitrogens is 1. The second-order valence-electron chi connectivity index (χ2n) is 9.75. The number of aromatic amines is 1. The van der Waals surface area contributed by atoms with Crippen LogP contribution in [-0.4, -0.2) is 71.2 Å². The van der Waals surface area contributed by atoms with Gasteiger partial charge < -0.3 is 15.0 Å². The van der Waals surface area contributed by atoms with Gasteiger partial charge in [0.2, 0.25) is 0 Å². The highest BCUT2D eigenvalue weighted by molar-refractivity contribution is 6.36. The van der Waals surface area contributed by atoms with Gasteiger partial charge in [0.25, 0.3) is 5.91 Å². The van der Waals surface area contributed by atoms with E-state index in [0.717, 1.165) is 70.5 Å². The number of nitrogens with one attached hydrogen (secondary N) is 2. The smallest absolute Gasteiger partial charge is 0.253 e. The number of carbonyl (C=O) groups excluding carboxylic acids is 1. The minimum Gasteiger partial charge on any atom is -0.383 e. The van der Waals surface area contributed by atoms with E-state index in [-0.39, 0.29) is 5.91 Å². The lowest BCUT2D eigenvalue weighted by Crippen LogP contribution is -2.30. The average Bonchev–Trinajstić information content (AvgIpc) is 3.52. The van der Waals surface area contributed by atoms with Crippen molar-refractivity contribution in [3.63, 3.8) is 0 Å². The first-order valence-corrected chi connectivity index (χ1v) is 13.1. The fourth-order valence-corrected chi connectivity index (χ4v) is 5.44. The molecule has 0 atom stereocenters. The van der Waals surface area contributed by atoms with Crippen LogP contribution in [0.15, 0.2) is 36.5 Å². The van der Waals surface area contributed by atoms with Crippen LogP contribution in [0.4, 0.5) is 0 Å². The zero-order valence-electron chi connectivity index (χ0n) is 21.8. The van der Waals surface area contributed by atoms with Crippen LogP contribution in [0.5, 0.6) is 0 Å². The van der Waals surface area contributed by atoms with E-state index in [2.05, 4.69) is 27.1 Å². The number of rotatable bonds is 7. The molecule has 5 rings (SSSR count). The number of hydrogen-bond donors (Lipinski definition) is 2. The quantitative estimate of drug-likeness (QED) is 0.358. The van der Waals surface area contributed by atoms with E-state index in [1.807, 2.05) is 43.5 Å². The number of fused-ring (bicyclic) bond motifs is 1. The average molecular weight is 521 g/mol. The lowest BCUT2D eigenvalue weighted by atomic mass is 9.94. The van der Waals surface area contributed by atoms with Crippen LogP contribution in [0.2, 0.25) is 5.02 Å². The Labute approximate surface area is 221 Å². The van der Waals surface area contributed by atoms with Gasteiger partial charge in [0, 0.05) is 54.0 Å². The van der Waals surface area contributed by atoms with Gasteiger partial charge in [-0.25, -0.2) is 0 Å². The fraction of sp³-hybridized carbons (Fsp3) is 0.393. The Hall–Kier alpha value is -3.20. The van der Waals surface area contributed by atoms with Gasteiger partial charge in [-0.1, -0.05) is 23.7 Å². The third kappa shape index (κ3) is 4.77. The van der Waals surface area contributed by atoms with Crippen LogP contribution in [-0.2, 0) is 4.74 Å². The predicted octanol–water partition coefficient (Wildman–Crippen LogP) is 5.01. The van der Waals surface area contributed by atoms with Gasteiger partial charge in [0.15, 0.2) is 0 Å². The second kappa shape index (κ2) is 10.7. The van der Waals surface area contributed by atoms with Crippen molar-refractivity contribution in [2.24, 2.45) is 0 Å². The van der Waals surface area contributed by atoms with Crippen molar-refractivity contribution in [1.82, 2.24) is 30.2 Å². The largest absolute Gasteiger partial charge is 0.383 e. The molecule has 0 saturated carbocycles. The number of piperidine rings is 1. The highest BCUT2D eigenvalue weighted by atomic mass is 35.5. The molecule has 2 aromatic carbocycles. The van der Waals surface area contributed by atoms with Crippen molar-refractivity contribution < 1.29 is 9.53 Å². The molecular weight excluding hydrogens is 488 g/mol. The standard InChI is InChI=1S/C28H33ClN6O2/c1-17-15-23-22(16-31-32-23)25(26(17)29)24-18(2)35(21-9-11-30-12-10-21)33-27(24)19-5-7-20(8-6-19)28(36)34(3)13-14-37-4/h5-8,15-16,21,30H,9-14H2,1-4H3,(H,31,32). The summed E-state index contributed by atoms with van der Waals surface area (Å²) in [5.41, 5.74) is 7.38. The van der Waals surface area contributed by atoms with Crippen LogP contribution >= 0.6 is 11.6 Å². The molecule has 0 unspecified atom stereocenters. The molecule has 1 amide bonds. The molecule has 1 aliphatic rings. The summed E-state index contributed by atoms with van der Waals surface area (Å²) in [6.07, 6.45) is 3.87. The summed E-state index contributed by atoms with van der Waals surface area (Å²) < 4.78 is 7.29. The number of halogens is 1. The van der Waals surface area contributed by atoms with Crippen LogP contribution in [0.25, 0.3) is 33.3 Å². The Bertz CT molecular complexity index is 1420. The number of aryl methyl sites for hydroxylation is 1. The number of benzene rings is 2. The predicted molar refractivity (Wildman–Crippen MR) is 147 cm³/mol. The minimum absolute atomic E-state index is 0.0397. The molecule has 8 nitrogen and oxygen atoms in total. The molecule has 0 bridgehead atoms. The Balaban J connectivity index is 1.64. The Morgan fingerprint density at radius 2 is 1.92 bits per heavy atom. The molecule has 1 fully saturated rings. The number of likely N-dealkylation sites (N-methyl/N-ethyl adjacent to an activating group) is 1. The molecule has 4 aromatic rings. The number of amides is 1. The number of ether oxygens (including phenoxy) is 1. The van der Waals surface area contributed by atoms with Crippen LogP contribution < -0.4 is 5.32 Å². The van der Waals surface area contributed by atoms with Gasteiger partial charge in [-0.2, -0.15) is 10.2 Å². The van der Waals surface area contributed by atoms with Crippen molar-refractivity contribution in [3.8, 4) is 22.4 Å². The maximum absolute atomic E-state index is 12.9. The molecule has 0 radical (unpaired) electrons. The number of nitrogens with zero attached hydrogens (tertiary/aromatic N) is 4. The van der Waals surface area contributed by atoms with E-state index >= 15 is 0 Å². The third-order valence-corrected chi connectivity index (χ3v) is 7.79. The zero-order chi connectivity index (χ0) is 26.1. The molecule has 1 saturated heterocycles. The number of methoxy groups -OCH3 is 1. The first-order chi connectivity index (χ1) is 17.9. The van der Waals surface area contributed by atoms with E-state index in [4.69, 9.17) is 21.4 Å². The van der Waals surface area contributed by atoms with Crippen molar-refractivity contribution in [1.29, 1.82) is 0 Å². The van der Waals surface area contributed by atoms with Gasteiger partial charge in [-0.05, 0) is 63.5 Å². The van der Waals surface area contributed by atoms with E-state index in [1.165, 1.54) is 0 Å². The lowest BCUT2D eigenvalue weighted by molar-refractivity contribution is 0.0744. The maximum atomic E-state index is 12.9. The first kappa shape index (κ1) is 25.4. The van der Waals surface area contributed by atoms with E-state index in [0.29, 0.717) is 29.8 Å². The normalized spacial score (nSPS) is 14.4. The molecule has 9 heteroatoms. The second-order valence-corrected chi connectivity index (χ2v) is 10.1. The summed E-state index contributed by atoms with van der Waals surface area (Å²) in [7, 11) is 3.42. The number of hydrogen-bond acceptors (Lipinski definition) is 5. The van der Waals surface area contributed by atoms with Crippen molar-refractivity contribution in [3.05, 3.63) is 58.4 Å². The van der Waals surface area contributed by atoms with Crippen molar-refractivity contribution in [2.45, 2.75) is 32.7 Å². The molecule has 2 aromatic heterocycles. The molecule has 1 aliphatic heterocycles. The van der Waals surface area contributed by atoms with Gasteiger partial charge in [-0.3, -0.25) is 14.6 Å². The Morgan fingerprint density at radius 3 is 2.62 bits per heavy atom. The highest BCUT2D eigenvalue weighted by Crippen LogP contribution is 2.44. The van der Waals surface area contributed by atoms with Crippen LogP contribution in [0.3, 0.4) is 0 Å². The summed E-state index contributed by atoms with van der Waals surface area (Å²) in [4.78, 5) is 14.5. The minimum atomic E-state index is -0.0397. The van der Waals surface area contributed by atoms with Gasteiger partial charge in [-0.15, -0.1) is 0 Å². The summed E-state index contributed by atoms with van der Waals surface area (Å²) in [6.45, 7) is 7.11. The number of carbonyl (C=O) groups is 1. The fourth-order valence-electron chi connectivity index (χ4n) is 5.19. The van der Waals surface area contributed by atoms with Gasteiger partial charge in [0.1, 0.15) is 5.69 Å². The summed E-state index contributed by atoms with van der Waals surface area (Å²) in [6, 6.07) is 10.0. The summed E-state index contributed by atoms with van der Waals surface area (Å²) in [5, 5.41) is 17.7. The summed E-state index contributed by atoms with van der Waals surface area (Å²) in [5.74, 6) is -0.0397. The van der Waals surface area contributed by atoms with Crippen molar-refractivity contribution in [2.75, 3.05) is 40.4 Å². The zero-order valence-corrected chi connectivity index (χ0v) is 22.5. The molecule has 3 heterocycles. The van der Waals surface area contributed by atoms with Crippen LogP contribution in [0, 0.1) is 13.8 Å². The molecular formula is C28H33ClN6O2. The molecule has 0 aliphatic carbocycles. The molecule has 194 valence electrons. The SMILES string of the molecule is COCCN(C)C(=O)c1ccc(-c2nn(C3CCNCC3)c(C)c2-c2c(Cl)c(C)cc3[nH]ncc23)cc1. The van der Waals surface area contributed by atoms with E-state index in [9.17, 15) is 4.79 Å². The topological polar surface area (TPSA) is 88.1 Å². The maximum Gasteiger partial charge on any atom is 0.253 e. The summed E-state index contributed by atoms with van der Waals surface area (Å²) >= 11 is 6.98. The molecule has 0 spiro atoms. The van der Waals surface area contributed by atoms with Crippen LogP contribution in [0.1, 0.15) is 40.5 Å². The molecule has 37 heavy (non-hydrogen) atoms. The van der Waals surface area contributed by atoms with Gasteiger partial charge >= 0.3 is 0 Å². The third-order valence-electron chi connectivity index (χ3n) is 7.30. The van der Waals surface area contributed by atoms with Crippen molar-refractivity contribution >= 4 is 28.4 Å². The monoisotopic (exact) mass is 520 g/mol. The Morgan fingerprint density at radius 1 is 1.19 bits per heavy atom. The Kier molecular flexibility index (Phi) is 7.33. The first-order valence-electron chi connectivity index (χ1n) is 12.7. The molecule has 2 N–H and O–H groups in total. The van der Waals surface area contributed by atoms with E-state index < -0.39 is 0 Å². The lowest BCUT2D eigenvalue weighted by Gasteiger charge is -2.24. The van der Waals surface area contributed by atoms with Gasteiger partial charge in [0.05, 0.1) is 29.4 Å². The van der Waals surface area contributed by atoms with E-state index in [1.54, 1.807) is 19.1 Å². The number of aromatic nitrogens is 4. The highest BCUT2D eigenvalue weighted by Gasteiger charge is 2.27.